The lowest BCUT2D eigenvalue weighted by Crippen LogP contribution is -2.32. The third-order valence-electron chi connectivity index (χ3n) is 3.71. The zero-order chi connectivity index (χ0) is 14.1. The molecule has 0 spiro atoms. The fourth-order valence-electron chi connectivity index (χ4n) is 2.72. The third-order valence-corrected chi connectivity index (χ3v) is 3.91. The van der Waals surface area contributed by atoms with Gasteiger partial charge in [-0.3, -0.25) is 0 Å². The molecule has 1 heterocycles. The molecule has 0 atom stereocenters. The van der Waals surface area contributed by atoms with Crippen LogP contribution >= 0.6 is 12.2 Å². The van der Waals surface area contributed by atoms with Crippen LogP contribution in [0.3, 0.4) is 0 Å². The van der Waals surface area contributed by atoms with Gasteiger partial charge in [-0.2, -0.15) is 0 Å². The van der Waals surface area contributed by atoms with Crippen LogP contribution in [0, 0.1) is 5.82 Å². The summed E-state index contributed by atoms with van der Waals surface area (Å²) in [5.41, 5.74) is 9.45. The van der Waals surface area contributed by atoms with E-state index in [2.05, 4.69) is 23.1 Å². The molecule has 0 amide bonds. The molecule has 0 radical (unpaired) electrons. The van der Waals surface area contributed by atoms with Gasteiger partial charge in [-0.1, -0.05) is 42.5 Å². The molecule has 0 aromatic heterocycles. The molecule has 3 rings (SSSR count). The van der Waals surface area contributed by atoms with E-state index in [4.69, 9.17) is 18.0 Å². The van der Waals surface area contributed by atoms with Crippen LogP contribution in [0.1, 0.15) is 16.7 Å². The second-order valence-electron chi connectivity index (χ2n) is 4.94. The molecule has 2 aromatic rings. The quantitative estimate of drug-likeness (QED) is 0.861. The van der Waals surface area contributed by atoms with Gasteiger partial charge in [0.2, 0.25) is 0 Å². The van der Waals surface area contributed by atoms with Crippen LogP contribution in [0.5, 0.6) is 0 Å². The average molecular weight is 286 g/mol. The maximum atomic E-state index is 14.0. The second-order valence-corrected chi connectivity index (χ2v) is 5.38. The first-order chi connectivity index (χ1) is 9.66. The zero-order valence-corrected chi connectivity index (χ0v) is 11.8. The van der Waals surface area contributed by atoms with Gasteiger partial charge >= 0.3 is 0 Å². The van der Waals surface area contributed by atoms with Crippen LogP contribution in [-0.2, 0) is 13.0 Å². The van der Waals surface area contributed by atoms with Gasteiger partial charge in [0.25, 0.3) is 0 Å². The summed E-state index contributed by atoms with van der Waals surface area (Å²) in [5, 5.41) is 0. The lowest BCUT2D eigenvalue weighted by Gasteiger charge is -2.32. The van der Waals surface area contributed by atoms with E-state index in [1.807, 2.05) is 12.1 Å². The Labute approximate surface area is 123 Å². The molecule has 102 valence electrons. The van der Waals surface area contributed by atoms with Crippen molar-refractivity contribution in [3.05, 3.63) is 65.0 Å². The Balaban J connectivity index is 2.00. The van der Waals surface area contributed by atoms with Gasteiger partial charge < -0.3 is 10.6 Å². The minimum atomic E-state index is -0.353. The molecule has 0 saturated heterocycles. The number of hydrogen-bond acceptors (Lipinski definition) is 2. The van der Waals surface area contributed by atoms with Crippen molar-refractivity contribution in [3.8, 4) is 0 Å². The van der Waals surface area contributed by atoms with E-state index in [9.17, 15) is 4.39 Å². The Kier molecular flexibility index (Phi) is 3.40. The first kappa shape index (κ1) is 13.1. The van der Waals surface area contributed by atoms with Crippen LogP contribution in [0.25, 0.3) is 0 Å². The summed E-state index contributed by atoms with van der Waals surface area (Å²) < 4.78 is 14.0. The molecular weight excluding hydrogens is 271 g/mol. The summed E-state index contributed by atoms with van der Waals surface area (Å²) in [4.78, 5) is 2.25. The first-order valence-electron chi connectivity index (χ1n) is 6.57. The van der Waals surface area contributed by atoms with E-state index in [1.54, 1.807) is 6.07 Å². The Bertz CT molecular complexity index is 669. The number of hydrogen-bond donors (Lipinski definition) is 1. The molecule has 0 fully saturated rings. The molecule has 0 bridgehead atoms. The number of thiocarbonyl (C=S) groups is 1. The van der Waals surface area contributed by atoms with E-state index in [0.29, 0.717) is 5.56 Å². The number of nitrogens with zero attached hydrogens (tertiary/aromatic N) is 1. The van der Waals surface area contributed by atoms with Gasteiger partial charge in [0, 0.05) is 13.1 Å². The number of halogens is 1. The maximum absolute atomic E-state index is 14.0. The van der Waals surface area contributed by atoms with Crippen LogP contribution in [-0.4, -0.2) is 11.5 Å². The SMILES string of the molecule is NC(=S)c1c(F)cccc1N1CCc2ccccc2C1. The highest BCUT2D eigenvalue weighted by atomic mass is 32.1. The predicted molar refractivity (Wildman–Crippen MR) is 83.5 cm³/mol. The van der Waals surface area contributed by atoms with Crippen LogP contribution < -0.4 is 10.6 Å². The van der Waals surface area contributed by atoms with Gasteiger partial charge in [0.1, 0.15) is 10.8 Å². The highest BCUT2D eigenvalue weighted by Crippen LogP contribution is 2.28. The standard InChI is InChI=1S/C16H15FN2S/c17-13-6-3-7-14(15(13)16(18)20)19-9-8-11-4-1-2-5-12(11)10-19/h1-7H,8-10H2,(H2,18,20). The van der Waals surface area contributed by atoms with Gasteiger partial charge in [0.05, 0.1) is 11.3 Å². The van der Waals surface area contributed by atoms with Crippen molar-refractivity contribution in [2.24, 2.45) is 5.73 Å². The monoisotopic (exact) mass is 286 g/mol. The predicted octanol–water partition coefficient (Wildman–Crippen LogP) is 3.02. The van der Waals surface area contributed by atoms with E-state index in [1.165, 1.54) is 17.2 Å². The molecule has 2 aromatic carbocycles. The fourth-order valence-corrected chi connectivity index (χ4v) is 2.92. The van der Waals surface area contributed by atoms with Crippen molar-refractivity contribution in [2.75, 3.05) is 11.4 Å². The molecule has 0 unspecified atom stereocenters. The van der Waals surface area contributed by atoms with E-state index in [-0.39, 0.29) is 10.8 Å². The largest absolute Gasteiger partial charge is 0.389 e. The van der Waals surface area contributed by atoms with Gasteiger partial charge in [-0.25, -0.2) is 4.39 Å². The number of benzene rings is 2. The number of anilines is 1. The topological polar surface area (TPSA) is 29.3 Å². The van der Waals surface area contributed by atoms with Crippen molar-refractivity contribution in [3.63, 3.8) is 0 Å². The van der Waals surface area contributed by atoms with E-state index < -0.39 is 0 Å². The summed E-state index contributed by atoms with van der Waals surface area (Å²) >= 11 is 5.00. The second kappa shape index (κ2) is 5.21. The van der Waals surface area contributed by atoms with Gasteiger partial charge in [-0.15, -0.1) is 0 Å². The summed E-state index contributed by atoms with van der Waals surface area (Å²) in [6.07, 6.45) is 0.948. The smallest absolute Gasteiger partial charge is 0.135 e. The van der Waals surface area contributed by atoms with Crippen molar-refractivity contribution in [2.45, 2.75) is 13.0 Å². The number of fused-ring (bicyclic) bond motifs is 1. The summed E-state index contributed by atoms with van der Waals surface area (Å²) in [6.45, 7) is 1.60. The molecule has 0 aliphatic carbocycles. The highest BCUT2D eigenvalue weighted by Gasteiger charge is 2.21. The summed E-state index contributed by atoms with van der Waals surface area (Å²) in [7, 11) is 0. The molecule has 2 N–H and O–H groups in total. The number of rotatable bonds is 2. The van der Waals surface area contributed by atoms with E-state index >= 15 is 0 Å². The maximum Gasteiger partial charge on any atom is 0.135 e. The molecule has 1 aliphatic rings. The fraction of sp³-hybridized carbons (Fsp3) is 0.188. The number of nitrogens with two attached hydrogens (primary N) is 1. The Morgan fingerprint density at radius 3 is 2.60 bits per heavy atom. The molecule has 2 nitrogen and oxygen atoms in total. The van der Waals surface area contributed by atoms with Crippen molar-refractivity contribution in [1.82, 2.24) is 0 Å². The molecule has 1 aliphatic heterocycles. The van der Waals surface area contributed by atoms with Gasteiger partial charge in [-0.05, 0) is 29.7 Å². The first-order valence-corrected chi connectivity index (χ1v) is 6.97. The van der Waals surface area contributed by atoms with Crippen molar-refractivity contribution in [1.29, 1.82) is 0 Å². The lowest BCUT2D eigenvalue weighted by atomic mass is 9.98. The van der Waals surface area contributed by atoms with Crippen LogP contribution in [0.2, 0.25) is 0 Å². The molecule has 20 heavy (non-hydrogen) atoms. The lowest BCUT2D eigenvalue weighted by molar-refractivity contribution is 0.622. The molecule has 4 heteroatoms. The van der Waals surface area contributed by atoms with Crippen LogP contribution in [0.4, 0.5) is 10.1 Å². The minimum Gasteiger partial charge on any atom is -0.389 e. The summed E-state index contributed by atoms with van der Waals surface area (Å²) in [5.74, 6) is -0.353. The average Bonchev–Trinajstić information content (AvgIpc) is 2.46. The minimum absolute atomic E-state index is 0.108. The Morgan fingerprint density at radius 1 is 1.10 bits per heavy atom. The Hall–Kier alpha value is -1.94. The van der Waals surface area contributed by atoms with Gasteiger partial charge in [0.15, 0.2) is 0 Å². The summed E-state index contributed by atoms with van der Waals surface area (Å²) in [6, 6.07) is 13.3. The Morgan fingerprint density at radius 2 is 1.85 bits per heavy atom. The zero-order valence-electron chi connectivity index (χ0n) is 11.0. The normalized spacial score (nSPS) is 13.9. The van der Waals surface area contributed by atoms with Crippen LogP contribution in [0.15, 0.2) is 42.5 Å². The molecule has 0 saturated carbocycles. The third kappa shape index (κ3) is 2.27. The van der Waals surface area contributed by atoms with Crippen molar-refractivity contribution >= 4 is 22.9 Å². The molecular formula is C16H15FN2S. The highest BCUT2D eigenvalue weighted by molar-refractivity contribution is 7.80. The van der Waals surface area contributed by atoms with Crippen molar-refractivity contribution < 1.29 is 4.39 Å². The van der Waals surface area contributed by atoms with E-state index in [0.717, 1.165) is 25.2 Å².